The summed E-state index contributed by atoms with van der Waals surface area (Å²) in [5, 5.41) is 0. The lowest BCUT2D eigenvalue weighted by molar-refractivity contribution is -0.133. The third kappa shape index (κ3) is 4.04. The number of allylic oxidation sites excluding steroid dienone is 2. The standard InChI is InChI=1S/C18H24N2O4S/c1-24-16-6-8-17(9-7-16)25(22,23)20-12-10-19(11-13-20)18(21)14-15-4-2-3-5-15/h2,4,6-9,15H,3,5,10-14H2,1H3/t15-/m1/s1. The minimum atomic E-state index is -3.53. The van der Waals surface area contributed by atoms with Gasteiger partial charge in [0.2, 0.25) is 15.9 Å². The first-order valence-electron chi connectivity index (χ1n) is 8.59. The molecule has 1 aliphatic carbocycles. The molecule has 1 aromatic rings. The zero-order valence-corrected chi connectivity index (χ0v) is 15.2. The maximum atomic E-state index is 12.7. The van der Waals surface area contributed by atoms with Crippen LogP contribution in [0.5, 0.6) is 5.75 Å². The van der Waals surface area contributed by atoms with E-state index in [9.17, 15) is 13.2 Å². The number of carbonyl (C=O) groups is 1. The van der Waals surface area contributed by atoms with Crippen molar-refractivity contribution in [3.63, 3.8) is 0 Å². The van der Waals surface area contributed by atoms with Crippen LogP contribution in [0.2, 0.25) is 0 Å². The Morgan fingerprint density at radius 3 is 2.40 bits per heavy atom. The van der Waals surface area contributed by atoms with E-state index < -0.39 is 10.0 Å². The van der Waals surface area contributed by atoms with Crippen LogP contribution < -0.4 is 4.74 Å². The van der Waals surface area contributed by atoms with Crippen LogP contribution in [0.4, 0.5) is 0 Å². The molecule has 0 radical (unpaired) electrons. The van der Waals surface area contributed by atoms with Gasteiger partial charge in [0.15, 0.2) is 0 Å². The van der Waals surface area contributed by atoms with Gasteiger partial charge in [-0.1, -0.05) is 12.2 Å². The van der Waals surface area contributed by atoms with E-state index in [0.717, 1.165) is 12.8 Å². The van der Waals surface area contributed by atoms with E-state index in [0.29, 0.717) is 44.3 Å². The fraction of sp³-hybridized carbons (Fsp3) is 0.500. The fourth-order valence-corrected chi connectivity index (χ4v) is 4.72. The summed E-state index contributed by atoms with van der Waals surface area (Å²) < 4.78 is 31.9. The van der Waals surface area contributed by atoms with E-state index in [4.69, 9.17) is 4.74 Å². The number of hydrogen-bond acceptors (Lipinski definition) is 4. The second-order valence-electron chi connectivity index (χ2n) is 6.43. The van der Waals surface area contributed by atoms with E-state index in [-0.39, 0.29) is 10.8 Å². The first-order valence-corrected chi connectivity index (χ1v) is 10.0. The molecule has 0 saturated carbocycles. The molecular weight excluding hydrogens is 340 g/mol. The van der Waals surface area contributed by atoms with Crippen LogP contribution in [0.3, 0.4) is 0 Å². The highest BCUT2D eigenvalue weighted by Crippen LogP contribution is 2.23. The minimum Gasteiger partial charge on any atom is -0.497 e. The Balaban J connectivity index is 1.58. The molecule has 0 aromatic heterocycles. The maximum absolute atomic E-state index is 12.7. The number of carbonyl (C=O) groups excluding carboxylic acids is 1. The SMILES string of the molecule is COc1ccc(S(=O)(=O)N2CCN(C(=O)C[C@@H]3C=CCC3)CC2)cc1. The molecule has 1 heterocycles. The molecule has 7 heteroatoms. The van der Waals surface area contributed by atoms with Gasteiger partial charge in [-0.25, -0.2) is 8.42 Å². The number of rotatable bonds is 5. The zero-order valence-electron chi connectivity index (χ0n) is 14.4. The van der Waals surface area contributed by atoms with Crippen molar-refractivity contribution in [1.29, 1.82) is 0 Å². The van der Waals surface area contributed by atoms with Gasteiger partial charge < -0.3 is 9.64 Å². The molecule has 2 aliphatic rings. The Hall–Kier alpha value is -1.86. The smallest absolute Gasteiger partial charge is 0.243 e. The van der Waals surface area contributed by atoms with E-state index in [1.807, 2.05) is 0 Å². The Morgan fingerprint density at radius 1 is 1.16 bits per heavy atom. The van der Waals surface area contributed by atoms with Gasteiger partial charge in [-0.2, -0.15) is 4.31 Å². The van der Waals surface area contributed by atoms with E-state index in [1.165, 1.54) is 4.31 Å². The number of nitrogens with zero attached hydrogens (tertiary/aromatic N) is 2. The number of amides is 1. The fourth-order valence-electron chi connectivity index (χ4n) is 3.29. The van der Waals surface area contributed by atoms with Crippen molar-refractivity contribution in [2.45, 2.75) is 24.2 Å². The first-order chi connectivity index (χ1) is 12.0. The summed E-state index contributed by atoms with van der Waals surface area (Å²) in [5.74, 6) is 1.09. The first kappa shape index (κ1) is 17.9. The van der Waals surface area contributed by atoms with Gasteiger partial charge >= 0.3 is 0 Å². The van der Waals surface area contributed by atoms with Crippen molar-refractivity contribution in [2.24, 2.45) is 5.92 Å². The molecule has 3 rings (SSSR count). The van der Waals surface area contributed by atoms with Crippen molar-refractivity contribution >= 4 is 15.9 Å². The van der Waals surface area contributed by atoms with Gasteiger partial charge in [0, 0.05) is 32.6 Å². The van der Waals surface area contributed by atoms with Gasteiger partial charge in [0.1, 0.15) is 5.75 Å². The number of piperazine rings is 1. The van der Waals surface area contributed by atoms with Crippen LogP contribution in [0.15, 0.2) is 41.3 Å². The molecule has 0 unspecified atom stereocenters. The van der Waals surface area contributed by atoms with Gasteiger partial charge in [0.25, 0.3) is 0 Å². The molecule has 1 aromatic carbocycles. The predicted octanol–water partition coefficient (Wildman–Crippen LogP) is 1.88. The molecule has 1 aliphatic heterocycles. The van der Waals surface area contributed by atoms with Crippen LogP contribution in [0.25, 0.3) is 0 Å². The highest BCUT2D eigenvalue weighted by molar-refractivity contribution is 7.89. The number of sulfonamides is 1. The molecule has 1 saturated heterocycles. The van der Waals surface area contributed by atoms with Crippen LogP contribution in [-0.4, -0.2) is 56.8 Å². The second-order valence-corrected chi connectivity index (χ2v) is 8.37. The summed E-state index contributed by atoms with van der Waals surface area (Å²) in [4.78, 5) is 14.4. The second kappa shape index (κ2) is 7.58. The van der Waals surface area contributed by atoms with Crippen molar-refractivity contribution in [2.75, 3.05) is 33.3 Å². The number of ether oxygens (including phenoxy) is 1. The van der Waals surface area contributed by atoms with Gasteiger partial charge in [0.05, 0.1) is 12.0 Å². The van der Waals surface area contributed by atoms with Crippen LogP contribution >= 0.6 is 0 Å². The quantitative estimate of drug-likeness (QED) is 0.748. The van der Waals surface area contributed by atoms with E-state index in [2.05, 4.69) is 12.2 Å². The number of benzene rings is 1. The summed E-state index contributed by atoms with van der Waals surface area (Å²) >= 11 is 0. The summed E-state index contributed by atoms with van der Waals surface area (Å²) in [6, 6.07) is 6.39. The third-order valence-electron chi connectivity index (χ3n) is 4.84. The highest BCUT2D eigenvalue weighted by atomic mass is 32.2. The summed E-state index contributed by atoms with van der Waals surface area (Å²) in [6.07, 6.45) is 6.85. The predicted molar refractivity (Wildman–Crippen MR) is 94.8 cm³/mol. The Morgan fingerprint density at radius 2 is 1.84 bits per heavy atom. The monoisotopic (exact) mass is 364 g/mol. The van der Waals surface area contributed by atoms with Crippen molar-refractivity contribution in [3.05, 3.63) is 36.4 Å². The summed E-state index contributed by atoms with van der Waals surface area (Å²) in [6.45, 7) is 1.57. The maximum Gasteiger partial charge on any atom is 0.243 e. The van der Waals surface area contributed by atoms with Crippen LogP contribution in [-0.2, 0) is 14.8 Å². The lowest BCUT2D eigenvalue weighted by atomic mass is 10.0. The molecule has 25 heavy (non-hydrogen) atoms. The van der Waals surface area contributed by atoms with Crippen molar-refractivity contribution < 1.29 is 17.9 Å². The van der Waals surface area contributed by atoms with Crippen molar-refractivity contribution in [1.82, 2.24) is 9.21 Å². The molecule has 1 atom stereocenters. The number of hydrogen-bond donors (Lipinski definition) is 0. The van der Waals surface area contributed by atoms with E-state index >= 15 is 0 Å². The van der Waals surface area contributed by atoms with E-state index in [1.54, 1.807) is 36.3 Å². The Bertz CT molecular complexity index is 735. The Labute approximate surface area is 149 Å². The average molecular weight is 364 g/mol. The Kier molecular flexibility index (Phi) is 5.44. The normalized spacial score (nSPS) is 21.5. The van der Waals surface area contributed by atoms with Gasteiger partial charge in [-0.15, -0.1) is 0 Å². The number of methoxy groups -OCH3 is 1. The lowest BCUT2D eigenvalue weighted by Crippen LogP contribution is -2.50. The molecule has 6 nitrogen and oxygen atoms in total. The molecule has 0 N–H and O–H groups in total. The lowest BCUT2D eigenvalue weighted by Gasteiger charge is -2.34. The van der Waals surface area contributed by atoms with Gasteiger partial charge in [-0.3, -0.25) is 4.79 Å². The third-order valence-corrected chi connectivity index (χ3v) is 6.75. The topological polar surface area (TPSA) is 66.9 Å². The molecule has 1 amide bonds. The van der Waals surface area contributed by atoms with Gasteiger partial charge in [-0.05, 0) is 43.0 Å². The zero-order chi connectivity index (χ0) is 17.9. The van der Waals surface area contributed by atoms with Crippen LogP contribution in [0.1, 0.15) is 19.3 Å². The molecular formula is C18H24N2O4S. The summed E-state index contributed by atoms with van der Waals surface area (Å²) in [7, 11) is -1.99. The minimum absolute atomic E-state index is 0.123. The highest BCUT2D eigenvalue weighted by Gasteiger charge is 2.30. The molecule has 136 valence electrons. The largest absolute Gasteiger partial charge is 0.497 e. The van der Waals surface area contributed by atoms with Crippen molar-refractivity contribution in [3.8, 4) is 5.75 Å². The molecule has 0 bridgehead atoms. The average Bonchev–Trinajstić information content (AvgIpc) is 3.15. The molecule has 1 fully saturated rings. The van der Waals surface area contributed by atoms with Crippen LogP contribution in [0, 0.1) is 5.92 Å². The summed E-state index contributed by atoms with van der Waals surface area (Å²) in [5.41, 5.74) is 0. The molecule has 0 spiro atoms.